The van der Waals surface area contributed by atoms with E-state index in [0.717, 1.165) is 22.0 Å². The molecular formula is C29H28FN5O4S. The second kappa shape index (κ2) is 10.2. The summed E-state index contributed by atoms with van der Waals surface area (Å²) in [4.78, 5) is 22.9. The SMILES string of the molecule is COc1ncc(-c2ccc3nc4c(cc3c2)c(=O)n2n4CC3(CC2)OCCO3)cc1S.Cc1cccc(N)c1F. The van der Waals surface area contributed by atoms with Crippen LogP contribution in [0.15, 0.2) is 64.4 Å². The van der Waals surface area contributed by atoms with Crippen LogP contribution in [0.4, 0.5) is 10.1 Å². The standard InChI is InChI=1S/C22H20N4O4S.C7H8FN/c1-28-20-18(31)10-15(11-23-20)13-2-3-17-14(8-13)9-16-19(24-17)26-12-22(29-6-7-30-22)4-5-25(26)21(16)27;1-5-3-2-4-6(9)7(5)8/h2-3,8-11,31H,4-7,12H2,1H3;2-4H,9H2,1H3. The van der Waals surface area contributed by atoms with Crippen molar-refractivity contribution in [2.45, 2.75) is 37.1 Å². The van der Waals surface area contributed by atoms with Crippen molar-refractivity contribution in [1.82, 2.24) is 19.3 Å². The molecule has 206 valence electrons. The summed E-state index contributed by atoms with van der Waals surface area (Å²) in [6.45, 7) is 3.85. The molecule has 11 heteroatoms. The Balaban J connectivity index is 0.000000276. The zero-order valence-electron chi connectivity index (χ0n) is 22.1. The number of benzene rings is 2. The molecule has 0 saturated carbocycles. The lowest BCUT2D eigenvalue weighted by Gasteiger charge is -2.33. The number of nitrogen functional groups attached to an aromatic ring is 1. The van der Waals surface area contributed by atoms with Crippen LogP contribution in [-0.2, 0) is 22.6 Å². The third-order valence-corrected chi connectivity index (χ3v) is 7.61. The van der Waals surface area contributed by atoms with Gasteiger partial charge >= 0.3 is 0 Å². The molecule has 0 amide bonds. The van der Waals surface area contributed by atoms with Crippen molar-refractivity contribution in [2.75, 3.05) is 26.1 Å². The van der Waals surface area contributed by atoms with Gasteiger partial charge in [-0.2, -0.15) is 0 Å². The van der Waals surface area contributed by atoms with E-state index in [2.05, 4.69) is 17.6 Å². The van der Waals surface area contributed by atoms with Gasteiger partial charge in [0, 0.05) is 30.1 Å². The topological polar surface area (TPSA) is 106 Å². The van der Waals surface area contributed by atoms with E-state index in [9.17, 15) is 9.18 Å². The van der Waals surface area contributed by atoms with Gasteiger partial charge in [0.2, 0.25) is 5.88 Å². The number of nitrogens with two attached hydrogens (primary N) is 1. The first-order valence-electron chi connectivity index (χ1n) is 12.8. The van der Waals surface area contributed by atoms with Gasteiger partial charge in [0.1, 0.15) is 5.82 Å². The largest absolute Gasteiger partial charge is 0.480 e. The highest BCUT2D eigenvalue weighted by Gasteiger charge is 2.41. The van der Waals surface area contributed by atoms with Gasteiger partial charge in [-0.05, 0) is 48.4 Å². The molecule has 2 N–H and O–H groups in total. The van der Waals surface area contributed by atoms with Crippen LogP contribution >= 0.6 is 12.6 Å². The Morgan fingerprint density at radius 1 is 1.10 bits per heavy atom. The first kappa shape index (κ1) is 26.3. The maximum atomic E-state index is 13.1. The number of rotatable bonds is 2. The maximum absolute atomic E-state index is 13.1. The number of pyridine rings is 2. The number of ether oxygens (including phenoxy) is 3. The molecule has 0 unspecified atom stereocenters. The van der Waals surface area contributed by atoms with E-state index in [-0.39, 0.29) is 17.1 Å². The van der Waals surface area contributed by atoms with E-state index in [4.69, 9.17) is 24.9 Å². The summed E-state index contributed by atoms with van der Waals surface area (Å²) in [5, 5.41) is 1.49. The molecule has 9 nitrogen and oxygen atoms in total. The Morgan fingerprint density at radius 3 is 2.60 bits per heavy atom. The van der Waals surface area contributed by atoms with Crippen molar-refractivity contribution in [3.05, 3.63) is 76.5 Å². The molecule has 1 fully saturated rings. The molecule has 1 spiro atoms. The fraction of sp³-hybridized carbons (Fsp3) is 0.276. The number of nitrogens with zero attached hydrogens (tertiary/aromatic N) is 4. The normalized spacial score (nSPS) is 15.7. The molecule has 2 aromatic carbocycles. The molecule has 0 atom stereocenters. The van der Waals surface area contributed by atoms with Crippen LogP contribution < -0.4 is 16.0 Å². The second-order valence-corrected chi connectivity index (χ2v) is 10.3. The molecule has 5 aromatic rings. The summed E-state index contributed by atoms with van der Waals surface area (Å²) in [5.41, 5.74) is 9.38. The first-order valence-corrected chi connectivity index (χ1v) is 13.3. The van der Waals surface area contributed by atoms with Crippen molar-refractivity contribution >= 4 is 40.3 Å². The summed E-state index contributed by atoms with van der Waals surface area (Å²) < 4.78 is 33.2. The summed E-state index contributed by atoms with van der Waals surface area (Å²) >= 11 is 4.44. The lowest BCUT2D eigenvalue weighted by molar-refractivity contribution is -0.187. The summed E-state index contributed by atoms with van der Waals surface area (Å²) in [5.74, 6) is -0.473. The predicted molar refractivity (Wildman–Crippen MR) is 153 cm³/mol. The molecule has 0 aliphatic carbocycles. The Labute approximate surface area is 234 Å². The van der Waals surface area contributed by atoms with Crippen LogP contribution in [0.1, 0.15) is 12.0 Å². The highest BCUT2D eigenvalue weighted by Crippen LogP contribution is 2.33. The minimum absolute atomic E-state index is 0.0357. The number of aromatic nitrogens is 4. The summed E-state index contributed by atoms with van der Waals surface area (Å²) in [6, 6.07) is 14.8. The fourth-order valence-corrected chi connectivity index (χ4v) is 5.48. The van der Waals surface area contributed by atoms with Gasteiger partial charge < -0.3 is 19.9 Å². The molecule has 0 bridgehead atoms. The number of anilines is 1. The zero-order chi connectivity index (χ0) is 28.0. The van der Waals surface area contributed by atoms with E-state index in [0.29, 0.717) is 60.1 Å². The van der Waals surface area contributed by atoms with E-state index < -0.39 is 5.79 Å². The Morgan fingerprint density at radius 2 is 1.90 bits per heavy atom. The number of methoxy groups -OCH3 is 1. The van der Waals surface area contributed by atoms with Gasteiger partial charge in [-0.1, -0.05) is 18.2 Å². The Kier molecular flexibility index (Phi) is 6.73. The third-order valence-electron chi connectivity index (χ3n) is 7.28. The molecule has 1 saturated heterocycles. The van der Waals surface area contributed by atoms with Crippen LogP contribution in [0.5, 0.6) is 5.88 Å². The van der Waals surface area contributed by atoms with Crippen LogP contribution in [0.3, 0.4) is 0 Å². The van der Waals surface area contributed by atoms with Gasteiger partial charge in [0.15, 0.2) is 11.4 Å². The van der Waals surface area contributed by atoms with Gasteiger partial charge in [-0.3, -0.25) is 9.48 Å². The van der Waals surface area contributed by atoms with Crippen molar-refractivity contribution < 1.29 is 18.6 Å². The fourth-order valence-electron chi connectivity index (χ4n) is 5.19. The van der Waals surface area contributed by atoms with Gasteiger partial charge in [0.05, 0.1) is 48.4 Å². The maximum Gasteiger partial charge on any atom is 0.276 e. The monoisotopic (exact) mass is 561 g/mol. The highest BCUT2D eigenvalue weighted by molar-refractivity contribution is 7.80. The van der Waals surface area contributed by atoms with Crippen LogP contribution in [-0.4, -0.2) is 45.4 Å². The second-order valence-electron chi connectivity index (χ2n) is 9.84. The Hall–Kier alpha value is -3.93. The quantitative estimate of drug-likeness (QED) is 0.240. The Bertz CT molecular complexity index is 1790. The minimum atomic E-state index is -0.648. The van der Waals surface area contributed by atoms with E-state index >= 15 is 0 Å². The zero-order valence-corrected chi connectivity index (χ0v) is 23.0. The van der Waals surface area contributed by atoms with Gasteiger partial charge in [0.25, 0.3) is 5.56 Å². The smallest absolute Gasteiger partial charge is 0.276 e. The van der Waals surface area contributed by atoms with E-state index in [1.54, 1.807) is 43.1 Å². The van der Waals surface area contributed by atoms with Gasteiger partial charge in [-0.15, -0.1) is 12.6 Å². The lowest BCUT2D eigenvalue weighted by atomic mass is 10.0. The van der Waals surface area contributed by atoms with Crippen molar-refractivity contribution in [3.8, 4) is 17.0 Å². The van der Waals surface area contributed by atoms with E-state index in [1.807, 2.05) is 35.0 Å². The summed E-state index contributed by atoms with van der Waals surface area (Å²) in [6.07, 6.45) is 2.40. The molecule has 5 heterocycles. The molecule has 40 heavy (non-hydrogen) atoms. The highest BCUT2D eigenvalue weighted by atomic mass is 32.1. The van der Waals surface area contributed by atoms with Crippen LogP contribution in [0, 0.1) is 12.7 Å². The minimum Gasteiger partial charge on any atom is -0.480 e. The molecule has 3 aromatic heterocycles. The van der Waals surface area contributed by atoms with Crippen molar-refractivity contribution in [2.24, 2.45) is 0 Å². The van der Waals surface area contributed by atoms with Crippen molar-refractivity contribution in [1.29, 1.82) is 0 Å². The lowest BCUT2D eigenvalue weighted by Crippen LogP contribution is -2.45. The average molecular weight is 562 g/mol. The number of halogens is 1. The summed E-state index contributed by atoms with van der Waals surface area (Å²) in [7, 11) is 1.57. The first-order chi connectivity index (χ1) is 19.3. The third kappa shape index (κ3) is 4.59. The van der Waals surface area contributed by atoms with Crippen LogP contribution in [0.2, 0.25) is 0 Å². The average Bonchev–Trinajstić information content (AvgIpc) is 3.52. The number of aryl methyl sites for hydroxylation is 1. The van der Waals surface area contributed by atoms with Gasteiger partial charge in [-0.25, -0.2) is 19.0 Å². The number of thiol groups is 1. The molecule has 2 aliphatic rings. The van der Waals surface area contributed by atoms with Crippen molar-refractivity contribution in [3.63, 3.8) is 0 Å². The predicted octanol–water partition coefficient (Wildman–Crippen LogP) is 4.57. The molecule has 0 radical (unpaired) electrons. The number of fused-ring (bicyclic) bond motifs is 4. The van der Waals surface area contributed by atoms with Crippen LogP contribution in [0.25, 0.3) is 33.1 Å². The van der Waals surface area contributed by atoms with E-state index in [1.165, 1.54) is 0 Å². The molecular weight excluding hydrogens is 533 g/mol. The number of hydrogen-bond acceptors (Lipinski definition) is 8. The molecule has 7 rings (SSSR count). The number of hydrogen-bond donors (Lipinski definition) is 2. The molecule has 2 aliphatic heterocycles.